The van der Waals surface area contributed by atoms with E-state index < -0.39 is 19.0 Å². The molecule has 11 heteroatoms. The quantitative estimate of drug-likeness (QED) is 0.736. The zero-order chi connectivity index (χ0) is 19.6. The van der Waals surface area contributed by atoms with Crippen LogP contribution in [0.25, 0.3) is 0 Å². The number of piperidine rings is 1. The molecule has 2 aliphatic rings. The van der Waals surface area contributed by atoms with Crippen molar-refractivity contribution >= 4 is 11.7 Å². The van der Waals surface area contributed by atoms with Gasteiger partial charge in [-0.25, -0.2) is 18.7 Å². The van der Waals surface area contributed by atoms with Crippen LogP contribution in [0.4, 0.5) is 23.4 Å². The lowest BCUT2D eigenvalue weighted by Crippen LogP contribution is -2.51. The van der Waals surface area contributed by atoms with Crippen LogP contribution in [0.2, 0.25) is 0 Å². The third kappa shape index (κ3) is 4.40. The molecule has 0 unspecified atom stereocenters. The molecule has 7 nitrogen and oxygen atoms in total. The van der Waals surface area contributed by atoms with Gasteiger partial charge in [0.05, 0.1) is 6.04 Å². The first kappa shape index (κ1) is 19.6. The number of nitrogens with zero attached hydrogens (tertiary/aromatic N) is 4. The summed E-state index contributed by atoms with van der Waals surface area (Å²) >= 11 is 0. The summed E-state index contributed by atoms with van der Waals surface area (Å²) in [6, 6.07) is 0.851. The first-order chi connectivity index (χ1) is 12.8. The third-order valence-corrected chi connectivity index (χ3v) is 4.78. The number of halogens is 4. The van der Waals surface area contributed by atoms with Crippen molar-refractivity contribution in [2.45, 2.75) is 43.7 Å². The van der Waals surface area contributed by atoms with Crippen molar-refractivity contribution < 1.29 is 27.1 Å². The van der Waals surface area contributed by atoms with Crippen LogP contribution >= 0.6 is 0 Å². The predicted octanol–water partition coefficient (Wildman–Crippen LogP) is 1.28. The van der Waals surface area contributed by atoms with Gasteiger partial charge in [0.15, 0.2) is 6.61 Å². The minimum Gasteiger partial charge on any atom is -0.471 e. The lowest BCUT2D eigenvalue weighted by atomic mass is 10.1. The van der Waals surface area contributed by atoms with Gasteiger partial charge in [-0.2, -0.15) is 8.78 Å². The molecule has 150 valence electrons. The fourth-order valence-electron chi connectivity index (χ4n) is 3.32. The fourth-order valence-corrected chi connectivity index (χ4v) is 3.32. The Morgan fingerprint density at radius 3 is 2.78 bits per heavy atom. The molecular formula is C16H21F4N5O2. The minimum absolute atomic E-state index is 0.0736. The Bertz CT molecular complexity index is 678. The Balaban J connectivity index is 1.66. The van der Waals surface area contributed by atoms with Crippen LogP contribution in [-0.4, -0.2) is 71.4 Å². The smallest absolute Gasteiger partial charge is 0.340 e. The highest BCUT2D eigenvalue weighted by Gasteiger charge is 2.42. The highest BCUT2D eigenvalue weighted by molar-refractivity contribution is 5.77. The van der Waals surface area contributed by atoms with Gasteiger partial charge in [0.2, 0.25) is 11.8 Å². The number of ether oxygens (including phenoxy) is 1. The number of rotatable bonds is 6. The second-order valence-corrected chi connectivity index (χ2v) is 6.75. The van der Waals surface area contributed by atoms with E-state index in [2.05, 4.69) is 9.97 Å². The molecule has 1 aromatic heterocycles. The van der Waals surface area contributed by atoms with Gasteiger partial charge in [0.1, 0.15) is 12.1 Å². The summed E-state index contributed by atoms with van der Waals surface area (Å²) in [4.78, 5) is 23.5. The first-order valence-corrected chi connectivity index (χ1v) is 8.69. The monoisotopic (exact) mass is 391 g/mol. The summed E-state index contributed by atoms with van der Waals surface area (Å²) in [5.74, 6) is -4.04. The van der Waals surface area contributed by atoms with Crippen LogP contribution in [-0.2, 0) is 4.79 Å². The van der Waals surface area contributed by atoms with E-state index >= 15 is 0 Å². The summed E-state index contributed by atoms with van der Waals surface area (Å²) in [5.41, 5.74) is 6.19. The average molecular weight is 391 g/mol. The maximum absolute atomic E-state index is 13.0. The van der Waals surface area contributed by atoms with Gasteiger partial charge in [0.25, 0.3) is 0 Å². The summed E-state index contributed by atoms with van der Waals surface area (Å²) < 4.78 is 55.1. The first-order valence-electron chi connectivity index (χ1n) is 8.69. The van der Waals surface area contributed by atoms with Crippen molar-refractivity contribution in [2.75, 3.05) is 31.1 Å². The van der Waals surface area contributed by atoms with E-state index in [1.165, 1.54) is 6.07 Å². The van der Waals surface area contributed by atoms with Crippen molar-refractivity contribution in [1.82, 2.24) is 14.9 Å². The summed E-state index contributed by atoms with van der Waals surface area (Å²) in [6.45, 7) is 0.0338. The second kappa shape index (κ2) is 7.83. The molecule has 1 aromatic rings. The van der Waals surface area contributed by atoms with Gasteiger partial charge in [-0.05, 0) is 12.8 Å². The Morgan fingerprint density at radius 2 is 2.07 bits per heavy atom. The van der Waals surface area contributed by atoms with Crippen LogP contribution in [0.3, 0.4) is 0 Å². The van der Waals surface area contributed by atoms with E-state index in [1.807, 2.05) is 0 Å². The number of alkyl halides is 4. The Morgan fingerprint density at radius 1 is 1.30 bits per heavy atom. The van der Waals surface area contributed by atoms with Crippen molar-refractivity contribution in [3.05, 3.63) is 12.4 Å². The molecule has 3 heterocycles. The van der Waals surface area contributed by atoms with E-state index in [4.69, 9.17) is 10.5 Å². The molecular weight excluding hydrogens is 370 g/mol. The number of hydrogen-bond acceptors (Lipinski definition) is 6. The van der Waals surface area contributed by atoms with E-state index in [-0.39, 0.29) is 23.9 Å². The topological polar surface area (TPSA) is 84.6 Å². The molecule has 2 aliphatic heterocycles. The zero-order valence-corrected chi connectivity index (χ0v) is 14.5. The van der Waals surface area contributed by atoms with Gasteiger partial charge in [-0.1, -0.05) is 0 Å². The van der Waals surface area contributed by atoms with E-state index in [0.717, 1.165) is 19.2 Å². The highest BCUT2D eigenvalue weighted by Crippen LogP contribution is 2.27. The number of carbonyl (C=O) groups excluding carboxylic acids is 1. The average Bonchev–Trinajstić information content (AvgIpc) is 3.02. The molecule has 0 aliphatic carbocycles. The van der Waals surface area contributed by atoms with Gasteiger partial charge in [0, 0.05) is 38.2 Å². The molecule has 2 fully saturated rings. The predicted molar refractivity (Wildman–Crippen MR) is 88.0 cm³/mol. The van der Waals surface area contributed by atoms with Crippen molar-refractivity contribution in [1.29, 1.82) is 0 Å². The Labute approximate surface area is 153 Å². The maximum Gasteiger partial charge on any atom is 0.340 e. The standard InChI is InChI=1S/C16H21F4N5O2/c17-15(18)16(19,20)8-27-13-5-12(22-9-23-13)24-6-10(21)11(7-24)25-4-2-1-3-14(25)26/h5,9-11,15H,1-4,6-8,21H2/t10-,11-/m0/s1. The minimum atomic E-state index is -4.26. The summed E-state index contributed by atoms with van der Waals surface area (Å²) in [7, 11) is 0. The molecule has 0 saturated carbocycles. The lowest BCUT2D eigenvalue weighted by Gasteiger charge is -2.34. The summed E-state index contributed by atoms with van der Waals surface area (Å²) in [5, 5.41) is 0. The van der Waals surface area contributed by atoms with Crippen molar-refractivity contribution in [3.63, 3.8) is 0 Å². The molecule has 2 atom stereocenters. The molecule has 0 radical (unpaired) electrons. The van der Waals surface area contributed by atoms with Crippen molar-refractivity contribution in [3.8, 4) is 5.88 Å². The molecule has 0 spiro atoms. The molecule has 3 rings (SSSR count). The number of nitrogens with two attached hydrogens (primary N) is 1. The number of carbonyl (C=O) groups is 1. The molecule has 27 heavy (non-hydrogen) atoms. The SMILES string of the molecule is N[C@H]1CN(c2cc(OCC(F)(F)C(F)F)ncn2)C[C@@H]1N1CCCCC1=O. The van der Waals surface area contributed by atoms with Crippen LogP contribution in [0.15, 0.2) is 12.4 Å². The normalized spacial score (nSPS) is 24.0. The lowest BCUT2D eigenvalue weighted by molar-refractivity contribution is -0.148. The van der Waals surface area contributed by atoms with Crippen molar-refractivity contribution in [2.24, 2.45) is 5.73 Å². The molecule has 1 amide bonds. The largest absolute Gasteiger partial charge is 0.471 e. The van der Waals surface area contributed by atoms with Crippen LogP contribution in [0, 0.1) is 0 Å². The van der Waals surface area contributed by atoms with Crippen LogP contribution in [0.5, 0.6) is 5.88 Å². The highest BCUT2D eigenvalue weighted by atomic mass is 19.3. The van der Waals surface area contributed by atoms with Gasteiger partial charge in [-0.3, -0.25) is 4.79 Å². The maximum atomic E-state index is 13.0. The third-order valence-electron chi connectivity index (χ3n) is 4.78. The number of aromatic nitrogens is 2. The molecule has 2 saturated heterocycles. The number of amides is 1. The van der Waals surface area contributed by atoms with Gasteiger partial charge >= 0.3 is 12.3 Å². The van der Waals surface area contributed by atoms with E-state index in [0.29, 0.717) is 31.9 Å². The van der Waals surface area contributed by atoms with E-state index in [1.54, 1.807) is 9.80 Å². The van der Waals surface area contributed by atoms with Gasteiger partial charge < -0.3 is 20.3 Å². The Hall–Kier alpha value is -2.17. The van der Waals surface area contributed by atoms with Crippen LogP contribution in [0.1, 0.15) is 19.3 Å². The number of hydrogen-bond donors (Lipinski definition) is 1. The number of likely N-dealkylation sites (tertiary alicyclic amines) is 1. The molecule has 2 N–H and O–H groups in total. The van der Waals surface area contributed by atoms with Gasteiger partial charge in [-0.15, -0.1) is 0 Å². The zero-order valence-electron chi connectivity index (χ0n) is 14.5. The second-order valence-electron chi connectivity index (χ2n) is 6.75. The fraction of sp³-hybridized carbons (Fsp3) is 0.688. The molecule has 0 bridgehead atoms. The Kier molecular flexibility index (Phi) is 5.68. The number of anilines is 1. The summed E-state index contributed by atoms with van der Waals surface area (Å²) in [6.07, 6.45) is -0.406. The van der Waals surface area contributed by atoms with E-state index in [9.17, 15) is 22.4 Å². The molecule has 0 aromatic carbocycles. The van der Waals surface area contributed by atoms with Crippen LogP contribution < -0.4 is 15.4 Å².